The number of hydrogen-bond acceptors (Lipinski definition) is 3. The first-order chi connectivity index (χ1) is 11.9. The van der Waals surface area contributed by atoms with E-state index in [1.165, 1.54) is 6.42 Å². The topological polar surface area (TPSA) is 49.6 Å². The van der Waals surface area contributed by atoms with Crippen molar-refractivity contribution in [3.05, 3.63) is 35.9 Å². The lowest BCUT2D eigenvalue weighted by Crippen LogP contribution is -2.58. The maximum atomic E-state index is 12.8. The summed E-state index contributed by atoms with van der Waals surface area (Å²) in [7, 11) is 0. The molecule has 2 rings (SSSR count). The molecule has 2 N–H and O–H groups in total. The smallest absolute Gasteiger partial charge is 0.242 e. The molecule has 1 aromatic carbocycles. The van der Waals surface area contributed by atoms with E-state index in [4.69, 9.17) is 5.73 Å². The summed E-state index contributed by atoms with van der Waals surface area (Å²) in [6, 6.07) is 11.0. The Balaban J connectivity index is 2.38. The van der Waals surface area contributed by atoms with Crippen molar-refractivity contribution in [1.29, 1.82) is 0 Å². The second-order valence-corrected chi connectivity index (χ2v) is 7.81. The van der Waals surface area contributed by atoms with Gasteiger partial charge in [-0.15, -0.1) is 0 Å². The van der Waals surface area contributed by atoms with Crippen LogP contribution in [0.15, 0.2) is 30.3 Å². The summed E-state index contributed by atoms with van der Waals surface area (Å²) in [6.45, 7) is 11.6. The highest BCUT2D eigenvalue weighted by Gasteiger charge is 2.44. The van der Waals surface area contributed by atoms with Gasteiger partial charge in [-0.25, -0.2) is 0 Å². The Kier molecular flexibility index (Phi) is 7.03. The fourth-order valence-electron chi connectivity index (χ4n) is 4.30. The van der Waals surface area contributed by atoms with Gasteiger partial charge in [-0.05, 0) is 65.6 Å². The van der Waals surface area contributed by atoms with Crippen molar-refractivity contribution in [3.63, 3.8) is 0 Å². The maximum Gasteiger partial charge on any atom is 0.242 e. The van der Waals surface area contributed by atoms with Crippen LogP contribution in [0.25, 0.3) is 0 Å². The van der Waals surface area contributed by atoms with E-state index in [0.717, 1.165) is 44.5 Å². The number of carbonyl (C=O) groups is 1. The van der Waals surface area contributed by atoms with Crippen LogP contribution in [-0.4, -0.2) is 47.4 Å². The summed E-state index contributed by atoms with van der Waals surface area (Å²) < 4.78 is 0. The van der Waals surface area contributed by atoms with E-state index in [9.17, 15) is 4.79 Å². The van der Waals surface area contributed by atoms with E-state index in [-0.39, 0.29) is 5.91 Å². The summed E-state index contributed by atoms with van der Waals surface area (Å²) in [5.41, 5.74) is 6.41. The number of rotatable bonds is 8. The number of piperidine rings is 1. The Morgan fingerprint density at radius 3 is 2.12 bits per heavy atom. The molecular formula is C21H35N3O. The average molecular weight is 346 g/mol. The largest absolute Gasteiger partial charge is 0.368 e. The molecule has 1 heterocycles. The number of likely N-dealkylation sites (tertiary alicyclic amines) is 1. The van der Waals surface area contributed by atoms with E-state index in [1.807, 2.05) is 18.2 Å². The van der Waals surface area contributed by atoms with Gasteiger partial charge in [0.05, 0.1) is 0 Å². The van der Waals surface area contributed by atoms with Gasteiger partial charge >= 0.3 is 0 Å². The van der Waals surface area contributed by atoms with Crippen LogP contribution in [0.1, 0.15) is 58.9 Å². The second kappa shape index (κ2) is 8.81. The summed E-state index contributed by atoms with van der Waals surface area (Å²) in [5, 5.41) is 0. The molecule has 140 valence electrons. The van der Waals surface area contributed by atoms with Gasteiger partial charge in [-0.2, -0.15) is 0 Å². The van der Waals surface area contributed by atoms with Gasteiger partial charge in [0.2, 0.25) is 5.91 Å². The molecule has 1 amide bonds. The van der Waals surface area contributed by atoms with Gasteiger partial charge in [0, 0.05) is 18.6 Å². The molecule has 1 atom stereocenters. The van der Waals surface area contributed by atoms with E-state index in [0.29, 0.717) is 12.1 Å². The van der Waals surface area contributed by atoms with Crippen LogP contribution < -0.4 is 5.73 Å². The van der Waals surface area contributed by atoms with E-state index in [2.05, 4.69) is 49.6 Å². The monoisotopic (exact) mass is 345 g/mol. The number of nitrogens with two attached hydrogens (primary N) is 1. The van der Waals surface area contributed by atoms with Crippen LogP contribution in [-0.2, 0) is 10.3 Å². The van der Waals surface area contributed by atoms with Crippen LogP contribution in [0.5, 0.6) is 0 Å². The lowest BCUT2D eigenvalue weighted by atomic mass is 9.82. The Labute approximate surface area is 153 Å². The summed E-state index contributed by atoms with van der Waals surface area (Å²) in [6.07, 6.45) is 4.26. The van der Waals surface area contributed by atoms with Crippen molar-refractivity contribution in [2.75, 3.05) is 19.6 Å². The van der Waals surface area contributed by atoms with E-state index < -0.39 is 5.54 Å². The highest BCUT2D eigenvalue weighted by atomic mass is 16.1. The molecular weight excluding hydrogens is 310 g/mol. The minimum atomic E-state index is -0.705. The zero-order chi connectivity index (χ0) is 18.4. The molecule has 25 heavy (non-hydrogen) atoms. The fourth-order valence-corrected chi connectivity index (χ4v) is 4.30. The molecule has 0 saturated carbocycles. The Morgan fingerprint density at radius 1 is 1.08 bits per heavy atom. The number of amides is 1. The Bertz CT molecular complexity index is 529. The highest BCUT2D eigenvalue weighted by molar-refractivity contribution is 5.86. The van der Waals surface area contributed by atoms with E-state index in [1.54, 1.807) is 0 Å². The number of carbonyl (C=O) groups excluding carboxylic acids is 1. The SMILES string of the molecule is CC(C)N(CC[C@@](C(N)=O)(c1ccccc1)N1CCCCC1)C(C)C. The molecule has 1 aliphatic rings. The molecule has 0 aromatic heterocycles. The fraction of sp³-hybridized carbons (Fsp3) is 0.667. The molecule has 4 nitrogen and oxygen atoms in total. The molecule has 4 heteroatoms. The maximum absolute atomic E-state index is 12.8. The van der Waals surface area contributed by atoms with Crippen molar-refractivity contribution >= 4 is 5.91 Å². The van der Waals surface area contributed by atoms with Gasteiger partial charge < -0.3 is 5.73 Å². The molecule has 1 saturated heterocycles. The predicted octanol–water partition coefficient (Wildman–Crippen LogP) is 3.36. The molecule has 1 aliphatic heterocycles. The normalized spacial score (nSPS) is 18.7. The minimum absolute atomic E-state index is 0.215. The first-order valence-electron chi connectivity index (χ1n) is 9.76. The van der Waals surface area contributed by atoms with Gasteiger partial charge in [-0.1, -0.05) is 36.8 Å². The van der Waals surface area contributed by atoms with Crippen LogP contribution in [0.4, 0.5) is 0 Å². The Hall–Kier alpha value is -1.39. The van der Waals surface area contributed by atoms with Crippen molar-refractivity contribution in [2.24, 2.45) is 5.73 Å². The number of hydrogen-bond donors (Lipinski definition) is 1. The Morgan fingerprint density at radius 2 is 1.64 bits per heavy atom. The predicted molar refractivity (Wildman–Crippen MR) is 104 cm³/mol. The highest BCUT2D eigenvalue weighted by Crippen LogP contribution is 2.35. The van der Waals surface area contributed by atoms with Crippen LogP contribution in [0, 0.1) is 0 Å². The summed E-state index contributed by atoms with van der Waals surface area (Å²) in [5.74, 6) is -0.215. The zero-order valence-corrected chi connectivity index (χ0v) is 16.4. The van der Waals surface area contributed by atoms with Crippen molar-refractivity contribution in [2.45, 2.75) is 71.0 Å². The van der Waals surface area contributed by atoms with Crippen molar-refractivity contribution in [3.8, 4) is 0 Å². The number of benzene rings is 1. The molecule has 1 aromatic rings. The zero-order valence-electron chi connectivity index (χ0n) is 16.4. The second-order valence-electron chi connectivity index (χ2n) is 7.81. The number of nitrogens with zero attached hydrogens (tertiary/aromatic N) is 2. The lowest BCUT2D eigenvalue weighted by Gasteiger charge is -2.45. The third kappa shape index (κ3) is 4.42. The minimum Gasteiger partial charge on any atom is -0.368 e. The molecule has 0 spiro atoms. The first kappa shape index (κ1) is 19.9. The van der Waals surface area contributed by atoms with Gasteiger partial charge in [0.15, 0.2) is 0 Å². The van der Waals surface area contributed by atoms with Crippen LogP contribution >= 0.6 is 0 Å². The van der Waals surface area contributed by atoms with Gasteiger partial charge in [0.25, 0.3) is 0 Å². The summed E-state index contributed by atoms with van der Waals surface area (Å²) >= 11 is 0. The van der Waals surface area contributed by atoms with Crippen molar-refractivity contribution in [1.82, 2.24) is 9.80 Å². The molecule has 0 aliphatic carbocycles. The molecule has 0 unspecified atom stereocenters. The van der Waals surface area contributed by atoms with Crippen molar-refractivity contribution < 1.29 is 4.79 Å². The number of primary amides is 1. The molecule has 0 radical (unpaired) electrons. The lowest BCUT2D eigenvalue weighted by molar-refractivity contribution is -0.133. The third-order valence-corrected chi connectivity index (χ3v) is 5.61. The summed E-state index contributed by atoms with van der Waals surface area (Å²) in [4.78, 5) is 17.6. The average Bonchev–Trinajstić information content (AvgIpc) is 2.59. The van der Waals surface area contributed by atoms with Crippen LogP contribution in [0.3, 0.4) is 0 Å². The van der Waals surface area contributed by atoms with Gasteiger partial charge in [-0.3, -0.25) is 14.6 Å². The standard InChI is InChI=1S/C21H35N3O/c1-17(2)24(18(3)4)16-13-21(20(22)25,19-11-7-5-8-12-19)23-14-9-6-10-15-23/h5,7-8,11-12,17-18H,6,9-10,13-16H2,1-4H3,(H2,22,25)/t21-/m0/s1. The van der Waals surface area contributed by atoms with Gasteiger partial charge in [0.1, 0.15) is 5.54 Å². The molecule has 1 fully saturated rings. The van der Waals surface area contributed by atoms with Crippen LogP contribution in [0.2, 0.25) is 0 Å². The first-order valence-corrected chi connectivity index (χ1v) is 9.76. The third-order valence-electron chi connectivity index (χ3n) is 5.61. The molecule has 0 bridgehead atoms. The van der Waals surface area contributed by atoms with E-state index >= 15 is 0 Å². The quantitative estimate of drug-likeness (QED) is 0.786.